The van der Waals surface area contributed by atoms with Crippen LogP contribution in [0.5, 0.6) is 11.5 Å². The molecule has 2 aromatic heterocycles. The first-order chi connectivity index (χ1) is 9.60. The van der Waals surface area contributed by atoms with E-state index in [4.69, 9.17) is 4.74 Å². The summed E-state index contributed by atoms with van der Waals surface area (Å²) < 4.78 is 5.46. The van der Waals surface area contributed by atoms with Crippen LogP contribution in [0.3, 0.4) is 0 Å². The molecule has 8 heteroatoms. The molecule has 0 atom stereocenters. The van der Waals surface area contributed by atoms with Gasteiger partial charge >= 0.3 is 5.82 Å². The minimum Gasteiger partial charge on any atom is -0.453 e. The van der Waals surface area contributed by atoms with Crippen LogP contribution in [-0.2, 0) is 0 Å². The summed E-state index contributed by atoms with van der Waals surface area (Å²) in [5.74, 6) is 0.304. The molecule has 0 unspecified atom stereocenters. The summed E-state index contributed by atoms with van der Waals surface area (Å²) in [6, 6.07) is 5.73. The summed E-state index contributed by atoms with van der Waals surface area (Å²) in [7, 11) is 0. The Bertz CT molecular complexity index is 645. The first-order valence-corrected chi connectivity index (χ1v) is 6.56. The van der Waals surface area contributed by atoms with Gasteiger partial charge in [-0.3, -0.25) is 9.78 Å². The smallest absolute Gasteiger partial charge is 0.363 e. The van der Waals surface area contributed by atoms with Crippen LogP contribution in [0, 0.1) is 10.1 Å². The third kappa shape index (κ3) is 3.35. The van der Waals surface area contributed by atoms with Gasteiger partial charge in [-0.2, -0.15) is 0 Å². The quantitative estimate of drug-likeness (QED) is 0.360. The molecule has 102 valence electrons. The second kappa shape index (κ2) is 6.20. The molecular weight excluding hydrogens is 330 g/mol. The highest BCUT2D eigenvalue weighted by Crippen LogP contribution is 2.22. The van der Waals surface area contributed by atoms with Crippen molar-refractivity contribution in [1.82, 2.24) is 9.97 Å². The van der Waals surface area contributed by atoms with Crippen LogP contribution in [-0.4, -0.2) is 26.0 Å². The first-order valence-electron chi connectivity index (χ1n) is 5.43. The SMILES string of the molecule is O=C(CBr)c1cc(Oc2ccc([N+](=O)[O-])nc2)ccn1. The van der Waals surface area contributed by atoms with Crippen molar-refractivity contribution in [2.75, 3.05) is 5.33 Å². The van der Waals surface area contributed by atoms with E-state index in [1.807, 2.05) is 0 Å². The molecule has 0 radical (unpaired) electrons. The lowest BCUT2D eigenvalue weighted by molar-refractivity contribution is -0.389. The Balaban J connectivity index is 2.17. The molecule has 2 aromatic rings. The molecule has 0 aromatic carbocycles. The molecule has 7 nitrogen and oxygen atoms in total. The zero-order chi connectivity index (χ0) is 14.5. The van der Waals surface area contributed by atoms with Crippen LogP contribution >= 0.6 is 15.9 Å². The van der Waals surface area contributed by atoms with Crippen molar-refractivity contribution in [1.29, 1.82) is 0 Å². The number of Topliss-reactive ketones (excluding diaryl/α,β-unsaturated/α-hetero) is 1. The topological polar surface area (TPSA) is 95.2 Å². The molecule has 0 aliphatic carbocycles. The van der Waals surface area contributed by atoms with Gasteiger partial charge in [0, 0.05) is 18.3 Å². The fourth-order valence-corrected chi connectivity index (χ4v) is 1.66. The Morgan fingerprint density at radius 1 is 1.30 bits per heavy atom. The monoisotopic (exact) mass is 337 g/mol. The number of halogens is 1. The van der Waals surface area contributed by atoms with E-state index in [0.29, 0.717) is 11.5 Å². The molecule has 20 heavy (non-hydrogen) atoms. The molecule has 0 aliphatic heterocycles. The van der Waals surface area contributed by atoms with Crippen molar-refractivity contribution in [3.05, 3.63) is 52.5 Å². The summed E-state index contributed by atoms with van der Waals surface area (Å²) in [5, 5.41) is 10.6. The molecule has 0 fully saturated rings. The number of ether oxygens (including phenoxy) is 1. The number of rotatable bonds is 5. The molecule has 2 heterocycles. The summed E-state index contributed by atoms with van der Waals surface area (Å²) >= 11 is 3.06. The molecule has 0 spiro atoms. The lowest BCUT2D eigenvalue weighted by Gasteiger charge is -2.04. The Kier molecular flexibility index (Phi) is 4.36. The second-order valence-corrected chi connectivity index (χ2v) is 4.21. The lowest BCUT2D eigenvalue weighted by Crippen LogP contribution is -2.02. The maximum absolute atomic E-state index is 11.5. The minimum absolute atomic E-state index is 0.169. The number of nitro groups is 1. The van der Waals surface area contributed by atoms with Gasteiger partial charge in [-0.15, -0.1) is 0 Å². The maximum atomic E-state index is 11.5. The average Bonchev–Trinajstić information content (AvgIpc) is 2.47. The molecule has 0 bridgehead atoms. The summed E-state index contributed by atoms with van der Waals surface area (Å²) in [6.45, 7) is 0. The average molecular weight is 338 g/mol. The third-order valence-electron chi connectivity index (χ3n) is 2.28. The number of hydrogen-bond donors (Lipinski definition) is 0. The molecule has 0 saturated carbocycles. The Hall–Kier alpha value is -2.35. The Morgan fingerprint density at radius 3 is 2.70 bits per heavy atom. The Morgan fingerprint density at radius 2 is 2.10 bits per heavy atom. The number of carbonyl (C=O) groups excluding carboxylic acids is 1. The highest BCUT2D eigenvalue weighted by molar-refractivity contribution is 9.09. The predicted molar refractivity (Wildman–Crippen MR) is 73.3 cm³/mol. The van der Waals surface area contributed by atoms with Crippen molar-refractivity contribution < 1.29 is 14.5 Å². The Labute approximate surface area is 121 Å². The molecule has 0 amide bonds. The van der Waals surface area contributed by atoms with Gasteiger partial charge in [0.05, 0.1) is 5.33 Å². The van der Waals surface area contributed by atoms with Gasteiger partial charge in [-0.05, 0) is 22.0 Å². The van der Waals surface area contributed by atoms with Gasteiger partial charge in [0.1, 0.15) is 11.4 Å². The van der Waals surface area contributed by atoms with Crippen molar-refractivity contribution in [2.24, 2.45) is 0 Å². The van der Waals surface area contributed by atoms with Gasteiger partial charge in [-0.1, -0.05) is 15.9 Å². The van der Waals surface area contributed by atoms with Crippen molar-refractivity contribution in [2.45, 2.75) is 0 Å². The van der Waals surface area contributed by atoms with Gasteiger partial charge in [0.25, 0.3) is 0 Å². The van der Waals surface area contributed by atoms with E-state index in [0.717, 1.165) is 0 Å². The van der Waals surface area contributed by atoms with Gasteiger partial charge in [0.15, 0.2) is 17.7 Å². The van der Waals surface area contributed by atoms with Gasteiger partial charge < -0.3 is 14.9 Å². The van der Waals surface area contributed by atoms with Crippen LogP contribution in [0.1, 0.15) is 10.5 Å². The van der Waals surface area contributed by atoms with E-state index in [9.17, 15) is 14.9 Å². The minimum atomic E-state index is -0.594. The number of alkyl halides is 1. The van der Waals surface area contributed by atoms with Crippen LogP contribution in [0.15, 0.2) is 36.7 Å². The molecule has 0 aliphatic rings. The predicted octanol–water partition coefficient (Wildman–Crippen LogP) is 2.75. The number of aromatic nitrogens is 2. The number of nitrogens with zero attached hydrogens (tertiary/aromatic N) is 3. The fourth-order valence-electron chi connectivity index (χ4n) is 1.37. The van der Waals surface area contributed by atoms with E-state index >= 15 is 0 Å². The van der Waals surface area contributed by atoms with Crippen molar-refractivity contribution >= 4 is 27.5 Å². The number of ketones is 1. The standard InChI is InChI=1S/C12H8BrN3O4/c13-6-11(17)10-5-8(3-4-14-10)20-9-1-2-12(15-7-9)16(18)19/h1-5,7H,6H2. The number of carbonyl (C=O) groups is 1. The summed E-state index contributed by atoms with van der Waals surface area (Å²) in [6.07, 6.45) is 2.69. The lowest BCUT2D eigenvalue weighted by atomic mass is 10.2. The highest BCUT2D eigenvalue weighted by Gasteiger charge is 2.10. The highest BCUT2D eigenvalue weighted by atomic mass is 79.9. The molecular formula is C12H8BrN3O4. The van der Waals surface area contributed by atoms with Crippen molar-refractivity contribution in [3.63, 3.8) is 0 Å². The van der Waals surface area contributed by atoms with Crippen LogP contribution in [0.2, 0.25) is 0 Å². The number of pyridine rings is 2. The van der Waals surface area contributed by atoms with Crippen LogP contribution < -0.4 is 4.74 Å². The number of hydrogen-bond acceptors (Lipinski definition) is 6. The van der Waals surface area contributed by atoms with Crippen LogP contribution in [0.4, 0.5) is 5.82 Å². The van der Waals surface area contributed by atoms with E-state index in [1.54, 1.807) is 6.07 Å². The fraction of sp³-hybridized carbons (Fsp3) is 0.0833. The molecule has 0 saturated heterocycles. The van der Waals surface area contributed by atoms with Gasteiger partial charge in [-0.25, -0.2) is 0 Å². The second-order valence-electron chi connectivity index (χ2n) is 3.64. The van der Waals surface area contributed by atoms with Crippen LogP contribution in [0.25, 0.3) is 0 Å². The van der Waals surface area contributed by atoms with E-state index in [-0.39, 0.29) is 22.6 Å². The van der Waals surface area contributed by atoms with Gasteiger partial charge in [0.2, 0.25) is 0 Å². The zero-order valence-electron chi connectivity index (χ0n) is 10.0. The van der Waals surface area contributed by atoms with E-state index in [1.165, 1.54) is 30.6 Å². The molecule has 2 rings (SSSR count). The molecule has 0 N–H and O–H groups in total. The van der Waals surface area contributed by atoms with Crippen molar-refractivity contribution in [3.8, 4) is 11.5 Å². The largest absolute Gasteiger partial charge is 0.453 e. The third-order valence-corrected chi connectivity index (χ3v) is 2.79. The summed E-state index contributed by atoms with van der Waals surface area (Å²) in [4.78, 5) is 28.9. The first kappa shape index (κ1) is 14.1. The maximum Gasteiger partial charge on any atom is 0.363 e. The van der Waals surface area contributed by atoms with E-state index < -0.39 is 4.92 Å². The van der Waals surface area contributed by atoms with E-state index in [2.05, 4.69) is 25.9 Å². The zero-order valence-corrected chi connectivity index (χ0v) is 11.6. The normalized spacial score (nSPS) is 10.1. The summed E-state index contributed by atoms with van der Waals surface area (Å²) in [5.41, 5.74) is 0.272.